The van der Waals surface area contributed by atoms with Crippen molar-refractivity contribution < 1.29 is 19.0 Å². The smallest absolute Gasteiger partial charge is 0.335 e. The van der Waals surface area contributed by atoms with Crippen LogP contribution < -0.4 is 4.74 Å². The van der Waals surface area contributed by atoms with Crippen molar-refractivity contribution in [3.05, 3.63) is 66.5 Å². The van der Waals surface area contributed by atoms with Gasteiger partial charge < -0.3 is 9.84 Å². The first-order chi connectivity index (χ1) is 9.61. The fourth-order valence-electron chi connectivity index (χ4n) is 1.80. The first kappa shape index (κ1) is 13.8. The number of rotatable bonds is 5. The summed E-state index contributed by atoms with van der Waals surface area (Å²) in [5.74, 6) is -0.985. The van der Waals surface area contributed by atoms with E-state index < -0.39 is 11.8 Å². The number of hydrogen-bond acceptors (Lipinski definition) is 2. The first-order valence-corrected chi connectivity index (χ1v) is 5.99. The highest BCUT2D eigenvalue weighted by atomic mass is 19.1. The maximum atomic E-state index is 13.3. The Kier molecular flexibility index (Phi) is 4.15. The summed E-state index contributed by atoms with van der Waals surface area (Å²) < 4.78 is 18.7. The monoisotopic (exact) mass is 272 g/mol. The van der Waals surface area contributed by atoms with Gasteiger partial charge in [0, 0.05) is 11.6 Å². The van der Waals surface area contributed by atoms with E-state index in [1.807, 2.05) is 0 Å². The van der Waals surface area contributed by atoms with Gasteiger partial charge in [-0.25, -0.2) is 9.18 Å². The molecule has 2 rings (SSSR count). The fourth-order valence-corrected chi connectivity index (χ4v) is 1.80. The summed E-state index contributed by atoms with van der Waals surface area (Å²) in [4.78, 5) is 10.8. The molecule has 4 heteroatoms. The van der Waals surface area contributed by atoms with Gasteiger partial charge in [-0.1, -0.05) is 24.8 Å². The van der Waals surface area contributed by atoms with E-state index in [0.29, 0.717) is 11.3 Å². The van der Waals surface area contributed by atoms with Crippen LogP contribution in [0.1, 0.15) is 10.4 Å². The van der Waals surface area contributed by atoms with Gasteiger partial charge in [0.1, 0.15) is 18.2 Å². The van der Waals surface area contributed by atoms with Crippen molar-refractivity contribution in [2.45, 2.75) is 0 Å². The van der Waals surface area contributed by atoms with E-state index in [1.165, 1.54) is 24.3 Å². The Morgan fingerprint density at radius 2 is 1.95 bits per heavy atom. The van der Waals surface area contributed by atoms with E-state index in [2.05, 4.69) is 6.58 Å². The molecule has 0 saturated heterocycles. The van der Waals surface area contributed by atoms with Crippen LogP contribution in [0.25, 0.3) is 11.1 Å². The molecular formula is C16H13FO3. The van der Waals surface area contributed by atoms with Gasteiger partial charge in [-0.05, 0) is 29.8 Å². The van der Waals surface area contributed by atoms with Gasteiger partial charge in [0.15, 0.2) is 0 Å². The minimum absolute atomic E-state index is 0.199. The molecular weight excluding hydrogens is 259 g/mol. The van der Waals surface area contributed by atoms with Crippen molar-refractivity contribution in [1.29, 1.82) is 0 Å². The number of ether oxygens (including phenoxy) is 1. The number of halogens is 1. The number of carbonyl (C=O) groups is 1. The summed E-state index contributed by atoms with van der Waals surface area (Å²) in [6.07, 6.45) is 1.57. The molecule has 2 aromatic carbocycles. The SMILES string of the molecule is C=CCOc1cc(F)ccc1-c1ccc(C(=O)O)cc1. The first-order valence-electron chi connectivity index (χ1n) is 5.99. The largest absolute Gasteiger partial charge is 0.489 e. The second-order valence-corrected chi connectivity index (χ2v) is 4.12. The molecule has 0 aromatic heterocycles. The lowest BCUT2D eigenvalue weighted by Gasteiger charge is -2.10. The summed E-state index contributed by atoms with van der Waals surface area (Å²) in [7, 11) is 0. The molecule has 0 atom stereocenters. The van der Waals surface area contributed by atoms with E-state index in [0.717, 1.165) is 5.56 Å². The average molecular weight is 272 g/mol. The molecule has 0 saturated carbocycles. The van der Waals surface area contributed by atoms with E-state index in [1.54, 1.807) is 24.3 Å². The van der Waals surface area contributed by atoms with Crippen LogP contribution in [0.3, 0.4) is 0 Å². The van der Waals surface area contributed by atoms with Crippen molar-refractivity contribution in [3.8, 4) is 16.9 Å². The van der Waals surface area contributed by atoms with Crippen LogP contribution in [0.5, 0.6) is 5.75 Å². The van der Waals surface area contributed by atoms with E-state index in [-0.39, 0.29) is 12.2 Å². The molecule has 102 valence electrons. The number of benzene rings is 2. The van der Waals surface area contributed by atoms with Crippen LogP contribution in [0.2, 0.25) is 0 Å². The second-order valence-electron chi connectivity index (χ2n) is 4.12. The van der Waals surface area contributed by atoms with Crippen molar-refractivity contribution >= 4 is 5.97 Å². The number of carboxylic acid groups (broad SMARTS) is 1. The Hall–Kier alpha value is -2.62. The third-order valence-electron chi connectivity index (χ3n) is 2.74. The minimum Gasteiger partial charge on any atom is -0.489 e. The molecule has 0 radical (unpaired) electrons. The van der Waals surface area contributed by atoms with Crippen molar-refractivity contribution in [3.63, 3.8) is 0 Å². The zero-order chi connectivity index (χ0) is 14.5. The Morgan fingerprint density at radius 3 is 2.55 bits per heavy atom. The number of aromatic carboxylic acids is 1. The van der Waals surface area contributed by atoms with Crippen LogP contribution in [-0.2, 0) is 0 Å². The molecule has 3 nitrogen and oxygen atoms in total. The highest BCUT2D eigenvalue weighted by Gasteiger charge is 2.09. The lowest BCUT2D eigenvalue weighted by Crippen LogP contribution is -1.97. The predicted octanol–water partition coefficient (Wildman–Crippen LogP) is 3.76. The molecule has 0 fully saturated rings. The fraction of sp³-hybridized carbons (Fsp3) is 0.0625. The topological polar surface area (TPSA) is 46.5 Å². The maximum absolute atomic E-state index is 13.3. The van der Waals surface area contributed by atoms with E-state index in [4.69, 9.17) is 9.84 Å². The van der Waals surface area contributed by atoms with Gasteiger partial charge in [-0.2, -0.15) is 0 Å². The zero-order valence-corrected chi connectivity index (χ0v) is 10.7. The molecule has 0 aliphatic heterocycles. The summed E-state index contributed by atoms with van der Waals surface area (Å²) in [5.41, 5.74) is 1.66. The average Bonchev–Trinajstić information content (AvgIpc) is 2.45. The van der Waals surface area contributed by atoms with Crippen LogP contribution in [0, 0.1) is 5.82 Å². The van der Waals surface area contributed by atoms with Gasteiger partial charge >= 0.3 is 5.97 Å². The molecule has 2 aromatic rings. The molecule has 0 unspecified atom stereocenters. The number of hydrogen-bond donors (Lipinski definition) is 1. The van der Waals surface area contributed by atoms with Crippen LogP contribution in [-0.4, -0.2) is 17.7 Å². The lowest BCUT2D eigenvalue weighted by atomic mass is 10.0. The molecule has 0 bridgehead atoms. The zero-order valence-electron chi connectivity index (χ0n) is 10.7. The van der Waals surface area contributed by atoms with Crippen LogP contribution in [0.15, 0.2) is 55.1 Å². The summed E-state index contributed by atoms with van der Waals surface area (Å²) in [6.45, 7) is 3.82. The summed E-state index contributed by atoms with van der Waals surface area (Å²) >= 11 is 0. The van der Waals surface area contributed by atoms with Crippen LogP contribution in [0.4, 0.5) is 4.39 Å². The quantitative estimate of drug-likeness (QED) is 0.843. The normalized spacial score (nSPS) is 10.1. The maximum Gasteiger partial charge on any atom is 0.335 e. The number of carboxylic acids is 1. The van der Waals surface area contributed by atoms with Crippen molar-refractivity contribution in [1.82, 2.24) is 0 Å². The van der Waals surface area contributed by atoms with Gasteiger partial charge in [0.25, 0.3) is 0 Å². The van der Waals surface area contributed by atoms with Crippen LogP contribution >= 0.6 is 0 Å². The minimum atomic E-state index is -0.987. The highest BCUT2D eigenvalue weighted by Crippen LogP contribution is 2.31. The predicted molar refractivity (Wildman–Crippen MR) is 74.5 cm³/mol. The second kappa shape index (κ2) is 6.02. The molecule has 1 N–H and O–H groups in total. The molecule has 20 heavy (non-hydrogen) atoms. The molecule has 0 spiro atoms. The van der Waals surface area contributed by atoms with Crippen molar-refractivity contribution in [2.24, 2.45) is 0 Å². The molecule has 0 aliphatic carbocycles. The lowest BCUT2D eigenvalue weighted by molar-refractivity contribution is 0.0697. The van der Waals surface area contributed by atoms with Crippen molar-refractivity contribution in [2.75, 3.05) is 6.61 Å². The Morgan fingerprint density at radius 1 is 1.25 bits per heavy atom. The van der Waals surface area contributed by atoms with Gasteiger partial charge in [0.2, 0.25) is 0 Å². The Balaban J connectivity index is 2.40. The van der Waals surface area contributed by atoms with E-state index >= 15 is 0 Å². The highest BCUT2D eigenvalue weighted by molar-refractivity contribution is 5.88. The summed E-state index contributed by atoms with van der Waals surface area (Å²) in [5, 5.41) is 8.87. The summed E-state index contributed by atoms with van der Waals surface area (Å²) in [6, 6.07) is 10.6. The Bertz CT molecular complexity index is 633. The molecule has 0 aliphatic rings. The van der Waals surface area contributed by atoms with Gasteiger partial charge in [-0.3, -0.25) is 0 Å². The standard InChI is InChI=1S/C16H13FO3/c1-2-9-20-15-10-13(17)7-8-14(15)11-3-5-12(6-4-11)16(18)19/h2-8,10H,1,9H2,(H,18,19). The third kappa shape index (κ3) is 3.03. The Labute approximate surface area is 115 Å². The van der Waals surface area contributed by atoms with Gasteiger partial charge in [-0.15, -0.1) is 0 Å². The molecule has 0 amide bonds. The van der Waals surface area contributed by atoms with Gasteiger partial charge in [0.05, 0.1) is 5.56 Å². The van der Waals surface area contributed by atoms with E-state index in [9.17, 15) is 9.18 Å². The molecule has 0 heterocycles. The third-order valence-corrected chi connectivity index (χ3v) is 2.74.